The fourth-order valence-electron chi connectivity index (χ4n) is 2.03. The molecule has 0 bridgehead atoms. The van der Waals surface area contributed by atoms with E-state index in [4.69, 9.17) is 10.8 Å². The SMILES string of the molecule is NC1CCC(C(=O)O)(C(F)(F)C(F)F)CC1. The molecule has 1 rings (SSSR count). The number of aliphatic carboxylic acids is 1. The van der Waals surface area contributed by atoms with Crippen molar-refractivity contribution in [3.8, 4) is 0 Å². The molecule has 1 saturated carbocycles. The largest absolute Gasteiger partial charge is 0.481 e. The predicted octanol–water partition coefficient (Wildman–Crippen LogP) is 1.86. The Hall–Kier alpha value is -0.850. The lowest BCUT2D eigenvalue weighted by molar-refractivity contribution is -0.227. The van der Waals surface area contributed by atoms with E-state index in [1.54, 1.807) is 0 Å². The zero-order chi connectivity index (χ0) is 12.6. The van der Waals surface area contributed by atoms with Crippen LogP contribution in [0.2, 0.25) is 0 Å². The molecular formula is C9H13F4NO2. The fourth-order valence-corrected chi connectivity index (χ4v) is 2.03. The number of alkyl halides is 4. The van der Waals surface area contributed by atoms with E-state index in [1.165, 1.54) is 0 Å². The van der Waals surface area contributed by atoms with Crippen LogP contribution in [0.25, 0.3) is 0 Å². The second-order valence-electron chi connectivity index (χ2n) is 4.15. The van der Waals surface area contributed by atoms with Crippen LogP contribution in [0, 0.1) is 5.41 Å². The Balaban J connectivity index is 3.03. The molecular weight excluding hydrogens is 230 g/mol. The van der Waals surface area contributed by atoms with E-state index in [0.717, 1.165) is 0 Å². The van der Waals surface area contributed by atoms with Gasteiger partial charge in [0.15, 0.2) is 0 Å². The van der Waals surface area contributed by atoms with Crippen molar-refractivity contribution in [3.05, 3.63) is 0 Å². The second kappa shape index (κ2) is 4.20. The molecule has 0 amide bonds. The van der Waals surface area contributed by atoms with Crippen LogP contribution in [0.15, 0.2) is 0 Å². The average molecular weight is 243 g/mol. The first kappa shape index (κ1) is 13.2. The van der Waals surface area contributed by atoms with Crippen molar-refractivity contribution in [2.45, 2.75) is 44.1 Å². The Labute approximate surface area is 89.6 Å². The number of hydrogen-bond donors (Lipinski definition) is 2. The fraction of sp³-hybridized carbons (Fsp3) is 0.889. The highest BCUT2D eigenvalue weighted by atomic mass is 19.3. The molecule has 1 aliphatic rings. The molecule has 7 heteroatoms. The number of carbonyl (C=O) groups is 1. The van der Waals surface area contributed by atoms with Crippen molar-refractivity contribution in [1.29, 1.82) is 0 Å². The third-order valence-corrected chi connectivity index (χ3v) is 3.21. The van der Waals surface area contributed by atoms with Gasteiger partial charge in [-0.15, -0.1) is 0 Å². The van der Waals surface area contributed by atoms with Crippen molar-refractivity contribution in [3.63, 3.8) is 0 Å². The predicted molar refractivity (Wildman–Crippen MR) is 47.5 cm³/mol. The highest BCUT2D eigenvalue weighted by Gasteiger charge is 2.64. The molecule has 0 aromatic carbocycles. The molecule has 0 unspecified atom stereocenters. The van der Waals surface area contributed by atoms with E-state index in [0.29, 0.717) is 0 Å². The molecule has 0 spiro atoms. The van der Waals surface area contributed by atoms with Gasteiger partial charge in [-0.3, -0.25) is 4.79 Å². The van der Waals surface area contributed by atoms with E-state index in [2.05, 4.69) is 0 Å². The standard InChI is InChI=1S/C9H13F4NO2/c10-6(11)9(12,13)8(7(15)16)3-1-5(14)2-4-8/h5-6H,1-4,14H2,(H,15,16). The molecule has 16 heavy (non-hydrogen) atoms. The Kier molecular flexibility index (Phi) is 3.47. The maximum atomic E-state index is 13.3. The van der Waals surface area contributed by atoms with Gasteiger partial charge in [-0.2, -0.15) is 8.78 Å². The molecule has 3 nitrogen and oxygen atoms in total. The third kappa shape index (κ3) is 1.88. The minimum absolute atomic E-state index is 0.0224. The summed E-state index contributed by atoms with van der Waals surface area (Å²) < 4.78 is 51.1. The molecule has 0 saturated heterocycles. The summed E-state index contributed by atoms with van der Waals surface area (Å²) in [5.74, 6) is -6.39. The molecule has 0 radical (unpaired) electrons. The molecule has 0 aromatic heterocycles. The minimum atomic E-state index is -4.51. The van der Waals surface area contributed by atoms with Gasteiger partial charge in [-0.1, -0.05) is 0 Å². The Morgan fingerprint density at radius 3 is 2.12 bits per heavy atom. The van der Waals surface area contributed by atoms with Crippen molar-refractivity contribution in [2.75, 3.05) is 0 Å². The van der Waals surface area contributed by atoms with Crippen molar-refractivity contribution < 1.29 is 27.5 Å². The van der Waals surface area contributed by atoms with Crippen molar-refractivity contribution in [1.82, 2.24) is 0 Å². The first-order valence-corrected chi connectivity index (χ1v) is 4.89. The lowest BCUT2D eigenvalue weighted by Crippen LogP contribution is -2.54. The van der Waals surface area contributed by atoms with Crippen LogP contribution in [0.3, 0.4) is 0 Å². The maximum Gasteiger partial charge on any atom is 0.323 e. The summed E-state index contributed by atoms with van der Waals surface area (Å²) in [6, 6.07) is -0.388. The number of carboxylic acid groups (broad SMARTS) is 1. The van der Waals surface area contributed by atoms with Gasteiger partial charge in [0, 0.05) is 6.04 Å². The first-order valence-electron chi connectivity index (χ1n) is 4.89. The number of halogens is 4. The maximum absolute atomic E-state index is 13.3. The number of hydrogen-bond acceptors (Lipinski definition) is 2. The van der Waals surface area contributed by atoms with Gasteiger partial charge in [-0.05, 0) is 25.7 Å². The summed E-state index contributed by atoms with van der Waals surface area (Å²) >= 11 is 0. The van der Waals surface area contributed by atoms with Crippen LogP contribution >= 0.6 is 0 Å². The summed E-state index contributed by atoms with van der Waals surface area (Å²) in [6.07, 6.45) is -4.96. The van der Waals surface area contributed by atoms with E-state index in [1.807, 2.05) is 0 Å². The smallest absolute Gasteiger partial charge is 0.323 e. The van der Waals surface area contributed by atoms with Gasteiger partial charge in [0.1, 0.15) is 5.41 Å². The van der Waals surface area contributed by atoms with Gasteiger partial charge >= 0.3 is 18.3 Å². The van der Waals surface area contributed by atoms with Crippen molar-refractivity contribution in [2.24, 2.45) is 11.1 Å². The van der Waals surface area contributed by atoms with Gasteiger partial charge in [0.05, 0.1) is 0 Å². The number of nitrogens with two attached hydrogens (primary N) is 1. The monoisotopic (exact) mass is 243 g/mol. The van der Waals surface area contributed by atoms with E-state index in [-0.39, 0.29) is 18.9 Å². The summed E-state index contributed by atoms with van der Waals surface area (Å²) in [5.41, 5.74) is 2.78. The quantitative estimate of drug-likeness (QED) is 0.743. The molecule has 0 atom stereocenters. The highest BCUT2D eigenvalue weighted by molar-refractivity contribution is 5.76. The molecule has 1 fully saturated rings. The second-order valence-corrected chi connectivity index (χ2v) is 4.15. The Morgan fingerprint density at radius 1 is 1.38 bits per heavy atom. The van der Waals surface area contributed by atoms with Crippen LogP contribution < -0.4 is 5.73 Å². The molecule has 3 N–H and O–H groups in total. The van der Waals surface area contributed by atoms with Crippen LogP contribution in [-0.4, -0.2) is 29.5 Å². The summed E-state index contributed by atoms with van der Waals surface area (Å²) in [5, 5.41) is 8.81. The van der Waals surface area contributed by atoms with Gasteiger partial charge < -0.3 is 10.8 Å². The summed E-state index contributed by atoms with van der Waals surface area (Å²) in [4.78, 5) is 10.9. The Bertz CT molecular complexity index is 275. The minimum Gasteiger partial charge on any atom is -0.481 e. The van der Waals surface area contributed by atoms with Crippen LogP contribution in [0.1, 0.15) is 25.7 Å². The normalized spacial score (nSPS) is 31.8. The topological polar surface area (TPSA) is 63.3 Å². The van der Waals surface area contributed by atoms with Gasteiger partial charge in [0.2, 0.25) is 0 Å². The van der Waals surface area contributed by atoms with E-state index in [9.17, 15) is 22.4 Å². The van der Waals surface area contributed by atoms with E-state index >= 15 is 0 Å². The molecule has 0 heterocycles. The zero-order valence-corrected chi connectivity index (χ0v) is 8.43. The molecule has 1 aliphatic carbocycles. The average Bonchev–Trinajstić information content (AvgIpc) is 2.18. The molecule has 0 aromatic rings. The third-order valence-electron chi connectivity index (χ3n) is 3.21. The van der Waals surface area contributed by atoms with Crippen LogP contribution in [0.4, 0.5) is 17.6 Å². The summed E-state index contributed by atoms with van der Waals surface area (Å²) in [7, 11) is 0. The van der Waals surface area contributed by atoms with Gasteiger partial charge in [-0.25, -0.2) is 8.78 Å². The highest BCUT2D eigenvalue weighted by Crippen LogP contribution is 2.50. The number of carboxylic acids is 1. The van der Waals surface area contributed by atoms with E-state index < -0.39 is 36.6 Å². The van der Waals surface area contributed by atoms with Crippen LogP contribution in [0.5, 0.6) is 0 Å². The molecule has 94 valence electrons. The lowest BCUT2D eigenvalue weighted by Gasteiger charge is -2.40. The molecule has 0 aliphatic heterocycles. The van der Waals surface area contributed by atoms with Crippen molar-refractivity contribution >= 4 is 5.97 Å². The van der Waals surface area contributed by atoms with Gasteiger partial charge in [0.25, 0.3) is 0 Å². The zero-order valence-electron chi connectivity index (χ0n) is 8.43. The number of rotatable bonds is 3. The van der Waals surface area contributed by atoms with Crippen LogP contribution in [-0.2, 0) is 4.79 Å². The summed E-state index contributed by atoms with van der Waals surface area (Å²) in [6.45, 7) is 0. The lowest BCUT2D eigenvalue weighted by atomic mass is 9.68. The Morgan fingerprint density at radius 2 is 1.81 bits per heavy atom. The first-order chi connectivity index (χ1) is 7.24.